The maximum atomic E-state index is 13.8. The molecule has 0 aliphatic carbocycles. The van der Waals surface area contributed by atoms with Crippen LogP contribution in [0.4, 0.5) is 0 Å². The summed E-state index contributed by atoms with van der Waals surface area (Å²) in [6.07, 6.45) is -14.4. The minimum atomic E-state index is -2.78. The molecule has 556 valence electrons. The lowest BCUT2D eigenvalue weighted by Crippen LogP contribution is -2.69. The van der Waals surface area contributed by atoms with Crippen LogP contribution in [0.15, 0.2) is 187 Å². The van der Waals surface area contributed by atoms with Gasteiger partial charge in [0.15, 0.2) is 49.7 Å². The van der Waals surface area contributed by atoms with Gasteiger partial charge in [0.25, 0.3) is 0 Å². The first-order valence-electron chi connectivity index (χ1n) is 35.9. The molecule has 102 heavy (non-hydrogen) atoms. The van der Waals surface area contributed by atoms with Crippen LogP contribution >= 0.6 is 11.8 Å². The summed E-state index contributed by atoms with van der Waals surface area (Å²) in [5.41, 5.74) is 3.65. The van der Waals surface area contributed by atoms with Crippen molar-refractivity contribution in [1.29, 1.82) is 0 Å². The van der Waals surface area contributed by atoms with Crippen LogP contribution in [-0.4, -0.2) is 148 Å². The maximum Gasteiger partial charge on any atom is 0.303 e. The fraction of sp³-hybridized carbons (Fsp3) is 0.531. The molecule has 9 rings (SSSR count). The number of ether oxygens (including phenoxy) is 12. The van der Waals surface area contributed by atoms with Crippen molar-refractivity contribution >= 4 is 48.7 Å². The fourth-order valence-corrected chi connectivity index (χ4v) is 16.7. The van der Waals surface area contributed by atoms with E-state index in [0.29, 0.717) is 6.61 Å². The van der Waals surface area contributed by atoms with E-state index in [1.54, 1.807) is 0 Å². The molecule has 3 aliphatic heterocycles. The van der Waals surface area contributed by atoms with Gasteiger partial charge in [-0.05, 0) is 94.3 Å². The van der Waals surface area contributed by atoms with Crippen molar-refractivity contribution in [1.82, 2.24) is 0 Å². The van der Waals surface area contributed by atoms with Crippen LogP contribution in [0.3, 0.4) is 0 Å². The third kappa shape index (κ3) is 22.4. The van der Waals surface area contributed by atoms with E-state index in [-0.39, 0.29) is 61.4 Å². The molecule has 3 fully saturated rings. The van der Waals surface area contributed by atoms with Gasteiger partial charge >= 0.3 is 11.9 Å². The second kappa shape index (κ2) is 36.4. The van der Waals surface area contributed by atoms with Crippen LogP contribution in [0, 0.1) is 0 Å². The molecule has 0 unspecified atom stereocenters. The predicted molar refractivity (Wildman–Crippen MR) is 404 cm³/mol. The summed E-state index contributed by atoms with van der Waals surface area (Å²) in [5, 5.41) is -0.721. The zero-order valence-corrected chi connectivity index (χ0v) is 66.8. The normalized spacial score (nSPS) is 26.1. The van der Waals surface area contributed by atoms with E-state index in [4.69, 9.17) is 70.1 Å². The van der Waals surface area contributed by atoms with Crippen LogP contribution in [0.2, 0.25) is 54.4 Å². The molecular formula is C81H112O17SSi3. The molecule has 0 saturated carbocycles. The van der Waals surface area contributed by atoms with E-state index >= 15 is 0 Å². The Morgan fingerprint density at radius 3 is 1.12 bits per heavy atom. The highest BCUT2D eigenvalue weighted by molar-refractivity contribution is 7.99. The average molecular weight is 1470 g/mol. The average Bonchev–Trinajstić information content (AvgIpc) is 0.759. The summed E-state index contributed by atoms with van der Waals surface area (Å²) in [5.74, 6) is -1.27. The van der Waals surface area contributed by atoms with Crippen molar-refractivity contribution < 1.29 is 79.7 Å². The Balaban J connectivity index is 1.21. The van der Waals surface area contributed by atoms with Crippen molar-refractivity contribution in [2.75, 3.05) is 19.8 Å². The van der Waals surface area contributed by atoms with E-state index in [1.165, 1.54) is 25.6 Å². The number of rotatable bonds is 32. The third-order valence-electron chi connectivity index (χ3n) is 20.4. The molecule has 15 atom stereocenters. The lowest BCUT2D eigenvalue weighted by atomic mass is 9.96. The van der Waals surface area contributed by atoms with Gasteiger partial charge in [0, 0.05) is 18.7 Å². The Hall–Kier alpha value is -5.26. The maximum absolute atomic E-state index is 13.8. The lowest BCUT2D eigenvalue weighted by Gasteiger charge is -2.54. The van der Waals surface area contributed by atoms with Crippen LogP contribution < -0.4 is 0 Å². The topological polar surface area (TPSA) is 173 Å². The Labute approximate surface area is 614 Å². The number of hydrogen-bond acceptors (Lipinski definition) is 18. The van der Waals surface area contributed by atoms with E-state index in [2.05, 4.69) is 102 Å². The highest BCUT2D eigenvalue weighted by Crippen LogP contribution is 2.48. The molecule has 3 aliphatic rings. The number of hydrogen-bond donors (Lipinski definition) is 0. The van der Waals surface area contributed by atoms with Crippen molar-refractivity contribution in [3.63, 3.8) is 0 Å². The van der Waals surface area contributed by atoms with Crippen LogP contribution in [0.25, 0.3) is 0 Å². The van der Waals surface area contributed by atoms with Gasteiger partial charge in [-0.25, -0.2) is 0 Å². The van der Waals surface area contributed by atoms with Crippen LogP contribution in [0.5, 0.6) is 0 Å². The highest BCUT2D eigenvalue weighted by Gasteiger charge is 2.59. The van der Waals surface area contributed by atoms with Crippen LogP contribution in [0.1, 0.15) is 104 Å². The Morgan fingerprint density at radius 2 is 0.696 bits per heavy atom. The SMILES string of the molecule is CC(=O)O[C@@H]1[C@@H](OC(C)=O)[C@H](Sc2ccccc2)O[C@H](COCc2ccccc2)[C@H]1O[C@H]1O[C@H](CO[C@@H]2O[C@H](COCc3ccccc3)[C@@H](O[Si](C)(C)C(C)(C)C)[C@H](O[Si](C)(C)C(C)(C)C)[C@H]2O[Si](C)(C)C(C)(C)C)[C@@H](OCc2ccccc2)[C@H](OCc2ccccc2)[C@H]1OCc1ccccc1. The number of thioether (sulfide) groups is 1. The fourth-order valence-electron chi connectivity index (χ4n) is 11.7. The van der Waals surface area contributed by atoms with Crippen molar-refractivity contribution in [3.8, 4) is 0 Å². The first-order valence-corrected chi connectivity index (χ1v) is 45.5. The second-order valence-corrected chi connectivity index (χ2v) is 46.9. The first-order chi connectivity index (χ1) is 48.4. The number of esters is 2. The summed E-state index contributed by atoms with van der Waals surface area (Å²) < 4.78 is 109. The predicted octanol–water partition coefficient (Wildman–Crippen LogP) is 16.6. The minimum absolute atomic E-state index is 0.0649. The molecule has 6 aromatic rings. The molecule has 21 heteroatoms. The first kappa shape index (κ1) is 80.8. The van der Waals surface area contributed by atoms with Gasteiger partial charge in [-0.3, -0.25) is 9.59 Å². The summed E-state index contributed by atoms with van der Waals surface area (Å²) in [7, 11) is -8.16. The zero-order chi connectivity index (χ0) is 73.5. The van der Waals surface area contributed by atoms with Crippen molar-refractivity contribution in [2.24, 2.45) is 0 Å². The molecule has 0 aromatic heterocycles. The summed E-state index contributed by atoms with van der Waals surface area (Å²) in [6, 6.07) is 59.2. The second-order valence-electron chi connectivity index (χ2n) is 31.5. The van der Waals surface area contributed by atoms with E-state index < -0.39 is 128 Å². The molecule has 0 radical (unpaired) electrons. The third-order valence-corrected chi connectivity index (χ3v) is 35.0. The molecular weight excluding hydrogens is 1360 g/mol. The molecule has 0 amide bonds. The van der Waals surface area contributed by atoms with Gasteiger partial charge in [-0.2, -0.15) is 0 Å². The largest absolute Gasteiger partial charge is 0.456 e. The zero-order valence-electron chi connectivity index (χ0n) is 63.0. The Morgan fingerprint density at radius 1 is 0.353 bits per heavy atom. The summed E-state index contributed by atoms with van der Waals surface area (Å²) in [6.45, 7) is 37.0. The molecule has 3 heterocycles. The minimum Gasteiger partial charge on any atom is -0.456 e. The van der Waals surface area contributed by atoms with Crippen molar-refractivity contribution in [2.45, 2.75) is 260 Å². The monoisotopic (exact) mass is 1470 g/mol. The van der Waals surface area contributed by atoms with Gasteiger partial charge < -0.3 is 70.1 Å². The van der Waals surface area contributed by atoms with Gasteiger partial charge in [-0.1, -0.05) is 244 Å². The van der Waals surface area contributed by atoms with Crippen molar-refractivity contribution in [3.05, 3.63) is 210 Å². The van der Waals surface area contributed by atoms with Gasteiger partial charge in [-0.15, -0.1) is 0 Å². The van der Waals surface area contributed by atoms with Gasteiger partial charge in [0.1, 0.15) is 66.5 Å². The Kier molecular flexibility index (Phi) is 28.8. The van der Waals surface area contributed by atoms with E-state index in [0.717, 1.165) is 32.7 Å². The molecule has 17 nitrogen and oxygen atoms in total. The molecule has 6 aromatic carbocycles. The van der Waals surface area contributed by atoms with E-state index in [9.17, 15) is 9.59 Å². The highest BCUT2D eigenvalue weighted by atomic mass is 32.2. The Bertz CT molecular complexity index is 3470. The van der Waals surface area contributed by atoms with Gasteiger partial charge in [0.05, 0.1) is 52.9 Å². The molecule has 0 N–H and O–H groups in total. The van der Waals surface area contributed by atoms with Crippen LogP contribution in [-0.2, 0) is 113 Å². The number of carbonyl (C=O) groups is 2. The summed E-state index contributed by atoms with van der Waals surface area (Å²) >= 11 is 1.33. The lowest BCUT2D eigenvalue weighted by molar-refractivity contribution is -0.363. The number of benzene rings is 6. The van der Waals surface area contributed by atoms with E-state index in [1.807, 2.05) is 182 Å². The molecule has 0 spiro atoms. The quantitative estimate of drug-likeness (QED) is 0.0288. The van der Waals surface area contributed by atoms with Gasteiger partial charge in [0.2, 0.25) is 0 Å². The molecule has 0 bridgehead atoms. The standard InChI is InChI=1S/C81H112O17SSi3/c1-56(82)90-71-68(64(53-84-48-58-36-24-18-25-37-58)94-78(75(71)91-57(2)83)99-63-46-34-23-35-47-63)95-77-73(88-52-62-44-32-22-33-45-62)70(87-51-61-42-30-21-31-43-61)67(86-50-60-40-28-20-29-41-60)66(93-77)55-89-76-74(98-102(16,17)81(9,10)11)72(97-101(14,15)80(6,7)8)69(96-100(12,13)79(3,4)5)65(92-76)54-85-49-59-38-26-19-27-39-59/h18-47,64-78H,48-55H2,1-17H3/t64-,65-,66-,67-,68-,69-,70+,71+,72+,73-,74-,75-,76-,77-,78+/m1/s1. The smallest absolute Gasteiger partial charge is 0.303 e. The summed E-state index contributed by atoms with van der Waals surface area (Å²) in [4.78, 5) is 28.1. The molecule has 3 saturated heterocycles. The number of carbonyl (C=O) groups excluding carboxylic acids is 2.